The third-order valence-corrected chi connectivity index (χ3v) is 5.74. The highest BCUT2D eigenvalue weighted by molar-refractivity contribution is 5.79. The van der Waals surface area contributed by atoms with Crippen molar-refractivity contribution in [2.24, 2.45) is 0 Å². The number of nitrogens with two attached hydrogens (primary N) is 1. The molecule has 1 aliphatic carbocycles. The molecule has 0 spiro atoms. The van der Waals surface area contributed by atoms with Crippen LogP contribution in [0.3, 0.4) is 0 Å². The quantitative estimate of drug-likeness (QED) is 0.578. The Morgan fingerprint density at radius 2 is 1.89 bits per heavy atom. The molecular formula is C22H33N5O. The molecule has 0 radical (unpaired) electrons. The van der Waals surface area contributed by atoms with E-state index in [0.29, 0.717) is 24.9 Å². The van der Waals surface area contributed by atoms with Crippen LogP contribution in [0.4, 0.5) is 5.82 Å². The number of hydrogen-bond acceptors (Lipinski definition) is 6. The van der Waals surface area contributed by atoms with Crippen LogP contribution in [0.25, 0.3) is 5.57 Å². The summed E-state index contributed by atoms with van der Waals surface area (Å²) in [7, 11) is 0. The molecule has 1 saturated heterocycles. The molecule has 0 unspecified atom stereocenters. The highest BCUT2D eigenvalue weighted by atomic mass is 16.5. The number of anilines is 1. The molecule has 2 heterocycles. The molecule has 0 bridgehead atoms. The molecule has 1 aromatic rings. The molecule has 2 N–H and O–H groups in total. The molecule has 0 amide bonds. The van der Waals surface area contributed by atoms with E-state index in [9.17, 15) is 5.26 Å². The van der Waals surface area contributed by atoms with Crippen LogP contribution < -0.4 is 10.5 Å². The van der Waals surface area contributed by atoms with E-state index in [1.165, 1.54) is 51.7 Å². The van der Waals surface area contributed by atoms with Gasteiger partial charge in [-0.05, 0) is 63.7 Å². The average Bonchev–Trinajstić information content (AvgIpc) is 3.33. The number of aromatic nitrogens is 2. The Balaban J connectivity index is 1.54. The number of nitrogen functional groups attached to an aromatic ring is 1. The molecule has 1 fully saturated rings. The first-order valence-electron chi connectivity index (χ1n) is 10.9. The van der Waals surface area contributed by atoms with Gasteiger partial charge in [0, 0.05) is 17.6 Å². The van der Waals surface area contributed by atoms with Gasteiger partial charge in [-0.25, -0.2) is 0 Å². The minimum absolute atomic E-state index is 0.340. The molecule has 0 saturated carbocycles. The summed E-state index contributed by atoms with van der Waals surface area (Å²) < 4.78 is 5.66. The molecule has 1 aliphatic heterocycles. The first-order valence-corrected chi connectivity index (χ1v) is 10.9. The number of likely N-dealkylation sites (tertiary alicyclic amines) is 1. The second kappa shape index (κ2) is 10.4. The molecule has 152 valence electrons. The van der Waals surface area contributed by atoms with Crippen molar-refractivity contribution < 1.29 is 4.74 Å². The normalized spacial score (nSPS) is 16.4. The van der Waals surface area contributed by atoms with Gasteiger partial charge >= 0.3 is 6.01 Å². The van der Waals surface area contributed by atoms with Gasteiger partial charge < -0.3 is 15.4 Å². The Bertz CT molecular complexity index is 731. The predicted octanol–water partition coefficient (Wildman–Crippen LogP) is 4.12. The fourth-order valence-corrected chi connectivity index (χ4v) is 4.08. The van der Waals surface area contributed by atoms with Crippen molar-refractivity contribution in [2.45, 2.75) is 71.1 Å². The van der Waals surface area contributed by atoms with Crippen LogP contribution in [0.1, 0.15) is 76.0 Å². The third kappa shape index (κ3) is 5.23. The fourth-order valence-electron chi connectivity index (χ4n) is 4.08. The van der Waals surface area contributed by atoms with Crippen molar-refractivity contribution in [3.63, 3.8) is 0 Å². The lowest BCUT2D eigenvalue weighted by atomic mass is 10.0. The lowest BCUT2D eigenvalue weighted by Crippen LogP contribution is -2.20. The summed E-state index contributed by atoms with van der Waals surface area (Å²) in [5.41, 5.74) is 9.71. The topological polar surface area (TPSA) is 88.1 Å². The van der Waals surface area contributed by atoms with Crippen LogP contribution in [0.2, 0.25) is 0 Å². The minimum atomic E-state index is 0.340. The van der Waals surface area contributed by atoms with Gasteiger partial charge in [0.05, 0.1) is 18.4 Å². The molecule has 3 rings (SSSR count). The van der Waals surface area contributed by atoms with E-state index in [1.54, 1.807) is 0 Å². The minimum Gasteiger partial charge on any atom is -0.463 e. The standard InChI is InChI=1S/C22H33N5O/c1-2-3-14-28-22-25-20-18(17(16-23)15-19(20)21(24)26-22)10-6-4-5-7-11-27-12-8-9-13-27/h2-15H2,1H3,(H2,24,25,26). The highest BCUT2D eigenvalue weighted by Gasteiger charge is 2.26. The monoisotopic (exact) mass is 383 g/mol. The van der Waals surface area contributed by atoms with E-state index in [0.717, 1.165) is 48.1 Å². The number of rotatable bonds is 11. The lowest BCUT2D eigenvalue weighted by molar-refractivity contribution is 0.285. The Hall–Kier alpha value is -2.13. The third-order valence-electron chi connectivity index (χ3n) is 5.74. The van der Waals surface area contributed by atoms with Crippen molar-refractivity contribution in [3.8, 4) is 12.1 Å². The summed E-state index contributed by atoms with van der Waals surface area (Å²) in [5, 5.41) is 9.57. The number of nitrogens with zero attached hydrogens (tertiary/aromatic N) is 4. The Morgan fingerprint density at radius 1 is 1.11 bits per heavy atom. The van der Waals surface area contributed by atoms with Crippen molar-refractivity contribution >= 4 is 11.4 Å². The van der Waals surface area contributed by atoms with Gasteiger partial charge in [-0.1, -0.05) is 26.2 Å². The van der Waals surface area contributed by atoms with Gasteiger partial charge in [0.2, 0.25) is 0 Å². The number of allylic oxidation sites excluding steroid dienone is 2. The Morgan fingerprint density at radius 3 is 2.64 bits per heavy atom. The second-order valence-corrected chi connectivity index (χ2v) is 7.88. The number of ether oxygens (including phenoxy) is 1. The zero-order chi connectivity index (χ0) is 19.8. The molecule has 0 atom stereocenters. The number of hydrogen-bond donors (Lipinski definition) is 1. The SMILES string of the molecule is CCCCOc1nc(N)c2c(n1)C(CCCCCCN1CCCC1)=C(C#N)C2. The maximum Gasteiger partial charge on any atom is 0.318 e. The van der Waals surface area contributed by atoms with Gasteiger partial charge in [0.1, 0.15) is 5.82 Å². The maximum atomic E-state index is 9.57. The molecule has 28 heavy (non-hydrogen) atoms. The smallest absolute Gasteiger partial charge is 0.318 e. The van der Waals surface area contributed by atoms with Crippen molar-refractivity contribution in [3.05, 3.63) is 16.8 Å². The molecule has 0 aromatic carbocycles. The molecule has 6 nitrogen and oxygen atoms in total. The fraction of sp³-hybridized carbons (Fsp3) is 0.682. The lowest BCUT2D eigenvalue weighted by Gasteiger charge is -2.14. The van der Waals surface area contributed by atoms with Gasteiger partial charge in [0.15, 0.2) is 0 Å². The van der Waals surface area contributed by atoms with Crippen molar-refractivity contribution in [1.29, 1.82) is 5.26 Å². The van der Waals surface area contributed by atoms with E-state index < -0.39 is 0 Å². The zero-order valence-electron chi connectivity index (χ0n) is 17.2. The molecular weight excluding hydrogens is 350 g/mol. The summed E-state index contributed by atoms with van der Waals surface area (Å²) in [5.74, 6) is 0.449. The van der Waals surface area contributed by atoms with Crippen molar-refractivity contribution in [1.82, 2.24) is 14.9 Å². The zero-order valence-corrected chi connectivity index (χ0v) is 17.2. The Kier molecular flexibility index (Phi) is 7.67. The number of fused-ring (bicyclic) bond motifs is 1. The summed E-state index contributed by atoms with van der Waals surface area (Å²) in [6.07, 6.45) is 11.0. The van der Waals surface area contributed by atoms with E-state index in [4.69, 9.17) is 10.5 Å². The van der Waals surface area contributed by atoms with Gasteiger partial charge in [-0.15, -0.1) is 0 Å². The van der Waals surface area contributed by atoms with Crippen LogP contribution in [-0.2, 0) is 6.42 Å². The number of nitriles is 1. The van der Waals surface area contributed by atoms with E-state index in [-0.39, 0.29) is 0 Å². The van der Waals surface area contributed by atoms with Crippen LogP contribution in [0, 0.1) is 11.3 Å². The predicted molar refractivity (Wildman–Crippen MR) is 112 cm³/mol. The van der Waals surface area contributed by atoms with Crippen molar-refractivity contribution in [2.75, 3.05) is 32.0 Å². The Labute approximate surface area is 168 Å². The van der Waals surface area contributed by atoms with Crippen LogP contribution in [0.5, 0.6) is 6.01 Å². The maximum absolute atomic E-state index is 9.57. The van der Waals surface area contributed by atoms with Crippen LogP contribution in [-0.4, -0.2) is 41.1 Å². The first kappa shape index (κ1) is 20.6. The van der Waals surface area contributed by atoms with E-state index >= 15 is 0 Å². The summed E-state index contributed by atoms with van der Waals surface area (Å²) >= 11 is 0. The average molecular weight is 384 g/mol. The molecule has 2 aliphatic rings. The summed E-state index contributed by atoms with van der Waals surface area (Å²) in [6, 6.07) is 2.70. The summed E-state index contributed by atoms with van der Waals surface area (Å²) in [4.78, 5) is 11.5. The summed E-state index contributed by atoms with van der Waals surface area (Å²) in [6.45, 7) is 6.50. The number of unbranched alkanes of at least 4 members (excludes halogenated alkanes) is 4. The van der Waals surface area contributed by atoms with Crippen LogP contribution in [0.15, 0.2) is 5.57 Å². The van der Waals surface area contributed by atoms with E-state index in [2.05, 4.69) is 27.9 Å². The molecule has 6 heteroatoms. The molecule has 1 aromatic heterocycles. The first-order chi connectivity index (χ1) is 13.7. The van der Waals surface area contributed by atoms with Gasteiger partial charge in [-0.3, -0.25) is 0 Å². The van der Waals surface area contributed by atoms with E-state index in [1.807, 2.05) is 0 Å². The van der Waals surface area contributed by atoms with Gasteiger partial charge in [0.25, 0.3) is 0 Å². The largest absolute Gasteiger partial charge is 0.463 e. The highest BCUT2D eigenvalue weighted by Crippen LogP contribution is 2.37. The van der Waals surface area contributed by atoms with Gasteiger partial charge in [-0.2, -0.15) is 15.2 Å². The van der Waals surface area contributed by atoms with Crippen LogP contribution >= 0.6 is 0 Å². The second-order valence-electron chi connectivity index (χ2n) is 7.88.